The summed E-state index contributed by atoms with van der Waals surface area (Å²) >= 11 is 0. The van der Waals surface area contributed by atoms with E-state index < -0.39 is 0 Å². The summed E-state index contributed by atoms with van der Waals surface area (Å²) in [6.07, 6.45) is 6.87. The fourth-order valence-corrected chi connectivity index (χ4v) is 1.94. The molecule has 0 spiro atoms. The van der Waals surface area contributed by atoms with Crippen LogP contribution in [0.3, 0.4) is 0 Å². The Labute approximate surface area is 66.6 Å². The standard InChI is InChI=1S/C9H13NO/c1-9(5-2-3-6-9)8-4-7-11-10-8/h4,7H,2-3,5-6H2,1H3. The van der Waals surface area contributed by atoms with Crippen molar-refractivity contribution in [3.8, 4) is 0 Å². The predicted octanol–water partition coefficient (Wildman–Crippen LogP) is 2.51. The fraction of sp³-hybridized carbons (Fsp3) is 0.667. The van der Waals surface area contributed by atoms with Gasteiger partial charge in [0.2, 0.25) is 0 Å². The molecule has 1 fully saturated rings. The summed E-state index contributed by atoms with van der Waals surface area (Å²) < 4.78 is 4.84. The van der Waals surface area contributed by atoms with Gasteiger partial charge in [-0.05, 0) is 12.8 Å². The summed E-state index contributed by atoms with van der Waals surface area (Å²) in [6.45, 7) is 2.28. The summed E-state index contributed by atoms with van der Waals surface area (Å²) in [7, 11) is 0. The molecular formula is C9H13NO. The lowest BCUT2D eigenvalue weighted by Gasteiger charge is -2.18. The van der Waals surface area contributed by atoms with Gasteiger partial charge in [0.05, 0.1) is 5.69 Å². The Kier molecular flexibility index (Phi) is 1.48. The van der Waals surface area contributed by atoms with Crippen molar-refractivity contribution in [3.63, 3.8) is 0 Å². The summed E-state index contributed by atoms with van der Waals surface area (Å²) in [5.74, 6) is 0. The quantitative estimate of drug-likeness (QED) is 0.616. The molecule has 1 aromatic heterocycles. The van der Waals surface area contributed by atoms with Crippen molar-refractivity contribution in [2.75, 3.05) is 0 Å². The minimum Gasteiger partial charge on any atom is -0.364 e. The van der Waals surface area contributed by atoms with Crippen LogP contribution in [0.15, 0.2) is 16.9 Å². The van der Waals surface area contributed by atoms with Crippen LogP contribution in [-0.4, -0.2) is 5.16 Å². The maximum Gasteiger partial charge on any atom is 0.124 e. The maximum absolute atomic E-state index is 4.84. The fourth-order valence-electron chi connectivity index (χ4n) is 1.94. The van der Waals surface area contributed by atoms with Gasteiger partial charge in [-0.2, -0.15) is 0 Å². The van der Waals surface area contributed by atoms with Gasteiger partial charge in [-0.3, -0.25) is 0 Å². The van der Waals surface area contributed by atoms with Crippen LogP contribution in [0.5, 0.6) is 0 Å². The zero-order valence-electron chi connectivity index (χ0n) is 6.84. The Hall–Kier alpha value is -0.790. The van der Waals surface area contributed by atoms with Crippen molar-refractivity contribution < 1.29 is 4.52 Å². The lowest BCUT2D eigenvalue weighted by Crippen LogP contribution is -2.16. The van der Waals surface area contributed by atoms with E-state index in [4.69, 9.17) is 4.52 Å². The molecule has 0 N–H and O–H groups in total. The van der Waals surface area contributed by atoms with E-state index in [1.54, 1.807) is 6.26 Å². The topological polar surface area (TPSA) is 26.0 Å². The Morgan fingerprint density at radius 1 is 1.45 bits per heavy atom. The number of hydrogen-bond acceptors (Lipinski definition) is 2. The molecule has 1 saturated carbocycles. The first-order valence-corrected chi connectivity index (χ1v) is 4.22. The molecule has 2 rings (SSSR count). The maximum atomic E-state index is 4.84. The second kappa shape index (κ2) is 2.36. The van der Waals surface area contributed by atoms with Crippen molar-refractivity contribution >= 4 is 0 Å². The van der Waals surface area contributed by atoms with Crippen molar-refractivity contribution in [3.05, 3.63) is 18.0 Å². The smallest absolute Gasteiger partial charge is 0.124 e. The van der Waals surface area contributed by atoms with Gasteiger partial charge in [0.1, 0.15) is 6.26 Å². The molecule has 0 saturated heterocycles. The van der Waals surface area contributed by atoms with E-state index in [-0.39, 0.29) is 0 Å². The van der Waals surface area contributed by atoms with E-state index in [9.17, 15) is 0 Å². The molecule has 1 heterocycles. The van der Waals surface area contributed by atoms with Gasteiger partial charge in [-0.1, -0.05) is 24.9 Å². The highest BCUT2D eigenvalue weighted by Crippen LogP contribution is 2.39. The highest BCUT2D eigenvalue weighted by molar-refractivity contribution is 5.13. The van der Waals surface area contributed by atoms with Gasteiger partial charge in [-0.25, -0.2) is 0 Å². The van der Waals surface area contributed by atoms with Crippen molar-refractivity contribution in [2.45, 2.75) is 38.0 Å². The molecule has 0 atom stereocenters. The van der Waals surface area contributed by atoms with Crippen molar-refractivity contribution in [1.82, 2.24) is 5.16 Å². The molecule has 0 amide bonds. The molecule has 2 nitrogen and oxygen atoms in total. The molecule has 1 aliphatic carbocycles. The summed E-state index contributed by atoms with van der Waals surface area (Å²) in [6, 6.07) is 1.99. The molecule has 11 heavy (non-hydrogen) atoms. The molecule has 60 valence electrons. The van der Waals surface area contributed by atoms with E-state index in [1.807, 2.05) is 6.07 Å². The molecule has 0 unspecified atom stereocenters. The predicted molar refractivity (Wildman–Crippen MR) is 42.3 cm³/mol. The number of nitrogens with zero attached hydrogens (tertiary/aromatic N) is 1. The van der Waals surface area contributed by atoms with Crippen LogP contribution in [0, 0.1) is 0 Å². The second-order valence-electron chi connectivity index (χ2n) is 3.65. The van der Waals surface area contributed by atoms with E-state index in [2.05, 4.69) is 12.1 Å². The highest BCUT2D eigenvalue weighted by atomic mass is 16.5. The Balaban J connectivity index is 2.27. The first-order chi connectivity index (χ1) is 5.31. The first kappa shape index (κ1) is 6.89. The van der Waals surface area contributed by atoms with Crippen LogP contribution in [0.25, 0.3) is 0 Å². The Morgan fingerprint density at radius 3 is 2.73 bits per heavy atom. The molecule has 1 aromatic rings. The van der Waals surface area contributed by atoms with E-state index >= 15 is 0 Å². The molecule has 1 aliphatic rings. The minimum absolute atomic E-state index is 0.312. The van der Waals surface area contributed by atoms with Gasteiger partial charge in [0, 0.05) is 11.5 Å². The lowest BCUT2D eigenvalue weighted by molar-refractivity contribution is 0.377. The van der Waals surface area contributed by atoms with Crippen LogP contribution in [0.2, 0.25) is 0 Å². The largest absolute Gasteiger partial charge is 0.364 e. The third-order valence-corrected chi connectivity index (χ3v) is 2.76. The van der Waals surface area contributed by atoms with Crippen molar-refractivity contribution in [1.29, 1.82) is 0 Å². The summed E-state index contributed by atoms with van der Waals surface area (Å²) in [5, 5.41) is 4.00. The molecule has 0 aromatic carbocycles. The summed E-state index contributed by atoms with van der Waals surface area (Å²) in [4.78, 5) is 0. The highest BCUT2D eigenvalue weighted by Gasteiger charge is 2.32. The minimum atomic E-state index is 0.312. The third kappa shape index (κ3) is 1.06. The zero-order valence-corrected chi connectivity index (χ0v) is 6.84. The van der Waals surface area contributed by atoms with Crippen LogP contribution < -0.4 is 0 Å². The van der Waals surface area contributed by atoms with Crippen LogP contribution in [0.4, 0.5) is 0 Å². The Bertz CT molecular complexity index is 222. The van der Waals surface area contributed by atoms with Crippen LogP contribution in [-0.2, 0) is 5.41 Å². The van der Waals surface area contributed by atoms with Gasteiger partial charge in [0.25, 0.3) is 0 Å². The monoisotopic (exact) mass is 151 g/mol. The number of rotatable bonds is 1. The first-order valence-electron chi connectivity index (χ1n) is 4.22. The normalized spacial score (nSPS) is 22.3. The van der Waals surface area contributed by atoms with Gasteiger partial charge < -0.3 is 4.52 Å². The number of hydrogen-bond donors (Lipinski definition) is 0. The number of aromatic nitrogens is 1. The average molecular weight is 151 g/mol. The second-order valence-corrected chi connectivity index (χ2v) is 3.65. The van der Waals surface area contributed by atoms with Crippen LogP contribution in [0.1, 0.15) is 38.3 Å². The van der Waals surface area contributed by atoms with Gasteiger partial charge >= 0.3 is 0 Å². The van der Waals surface area contributed by atoms with E-state index in [1.165, 1.54) is 25.7 Å². The SMILES string of the molecule is CC1(c2ccon2)CCCC1. The van der Waals surface area contributed by atoms with Gasteiger partial charge in [-0.15, -0.1) is 0 Å². The van der Waals surface area contributed by atoms with Crippen molar-refractivity contribution in [2.24, 2.45) is 0 Å². The Morgan fingerprint density at radius 2 is 2.18 bits per heavy atom. The van der Waals surface area contributed by atoms with E-state index in [0.717, 1.165) is 5.69 Å². The van der Waals surface area contributed by atoms with E-state index in [0.29, 0.717) is 5.41 Å². The molecule has 0 aliphatic heterocycles. The molecule has 0 radical (unpaired) electrons. The lowest BCUT2D eigenvalue weighted by atomic mass is 9.85. The van der Waals surface area contributed by atoms with Gasteiger partial charge in [0.15, 0.2) is 0 Å². The molecular weight excluding hydrogens is 138 g/mol. The molecule has 2 heteroatoms. The molecule has 0 bridgehead atoms. The van der Waals surface area contributed by atoms with Crippen LogP contribution >= 0.6 is 0 Å². The zero-order chi connectivity index (χ0) is 7.73. The summed E-state index contributed by atoms with van der Waals surface area (Å²) in [5.41, 5.74) is 1.45. The average Bonchev–Trinajstić information content (AvgIpc) is 2.55. The third-order valence-electron chi connectivity index (χ3n) is 2.76.